The van der Waals surface area contributed by atoms with Gasteiger partial charge in [-0.15, -0.1) is 12.4 Å². The van der Waals surface area contributed by atoms with E-state index >= 15 is 0 Å². The van der Waals surface area contributed by atoms with Crippen LogP contribution in [-0.2, 0) is 5.41 Å². The summed E-state index contributed by atoms with van der Waals surface area (Å²) in [6.07, 6.45) is 8.47. The van der Waals surface area contributed by atoms with E-state index < -0.39 is 0 Å². The second kappa shape index (κ2) is 8.56. The van der Waals surface area contributed by atoms with Crippen LogP contribution in [0.2, 0.25) is 0 Å². The van der Waals surface area contributed by atoms with Gasteiger partial charge in [0.25, 0.3) is 0 Å². The number of hydrogen-bond donors (Lipinski definition) is 0. The lowest BCUT2D eigenvalue weighted by molar-refractivity contribution is 0.0478. The third kappa shape index (κ3) is 4.10. The topological polar surface area (TPSA) is 6.48 Å². The summed E-state index contributed by atoms with van der Waals surface area (Å²) in [6.45, 7) is 16.2. The number of piperazine rings is 1. The highest BCUT2D eigenvalue weighted by Gasteiger charge is 2.49. The summed E-state index contributed by atoms with van der Waals surface area (Å²) in [5, 5.41) is 0. The molecular formula is C25H41ClN2. The largest absolute Gasteiger partial charge is 0.369 e. The molecule has 2 aliphatic carbocycles. The Balaban J connectivity index is 0.00000225. The van der Waals surface area contributed by atoms with Gasteiger partial charge in [0.05, 0.1) is 0 Å². The molecule has 28 heavy (non-hydrogen) atoms. The zero-order valence-corrected chi connectivity index (χ0v) is 19.4. The predicted octanol–water partition coefficient (Wildman–Crippen LogP) is 6.13. The Morgan fingerprint density at radius 2 is 1.64 bits per heavy atom. The molecule has 0 spiro atoms. The van der Waals surface area contributed by atoms with Crippen molar-refractivity contribution < 1.29 is 0 Å². The van der Waals surface area contributed by atoms with E-state index in [1.54, 1.807) is 5.56 Å². The lowest BCUT2D eigenvalue weighted by Crippen LogP contribution is -2.50. The van der Waals surface area contributed by atoms with Gasteiger partial charge in [0, 0.05) is 31.9 Å². The van der Waals surface area contributed by atoms with Crippen molar-refractivity contribution in [1.29, 1.82) is 0 Å². The van der Waals surface area contributed by atoms with E-state index in [0.717, 1.165) is 11.8 Å². The van der Waals surface area contributed by atoms with Crippen molar-refractivity contribution in [1.82, 2.24) is 4.90 Å². The van der Waals surface area contributed by atoms with Crippen molar-refractivity contribution in [2.45, 2.75) is 71.6 Å². The van der Waals surface area contributed by atoms with Gasteiger partial charge in [0.2, 0.25) is 0 Å². The monoisotopic (exact) mass is 404 g/mol. The normalized spacial score (nSPS) is 30.7. The van der Waals surface area contributed by atoms with E-state index in [1.165, 1.54) is 76.9 Å². The van der Waals surface area contributed by atoms with Crippen molar-refractivity contribution in [3.8, 4) is 0 Å². The molecule has 158 valence electrons. The lowest BCUT2D eigenvalue weighted by Gasteiger charge is -2.53. The van der Waals surface area contributed by atoms with Gasteiger partial charge in [-0.05, 0) is 53.7 Å². The fraction of sp³-hybridized carbons (Fsp3) is 0.760. The molecule has 1 saturated heterocycles. The summed E-state index contributed by atoms with van der Waals surface area (Å²) in [5.74, 6) is 1.84. The molecule has 1 aromatic rings. The maximum absolute atomic E-state index is 2.70. The molecule has 2 saturated carbocycles. The standard InChI is InChI=1S/C25H40N2.ClH/c1-20-8-7-14-25(4,24(20,2)3)22-9-5-6-10-23(22)27-18-16-26(17-19-27)15-13-21-11-12-21;/h5-6,9-10,20-21H,7-8,11-19H2,1-4H3;1H. The first kappa shape index (κ1) is 22.0. The van der Waals surface area contributed by atoms with Crippen LogP contribution in [0.3, 0.4) is 0 Å². The van der Waals surface area contributed by atoms with Gasteiger partial charge in [-0.3, -0.25) is 4.90 Å². The number of para-hydroxylation sites is 1. The highest BCUT2D eigenvalue weighted by Crippen LogP contribution is 2.56. The molecular weight excluding hydrogens is 364 g/mol. The molecule has 1 aliphatic heterocycles. The number of nitrogens with zero attached hydrogens (tertiary/aromatic N) is 2. The van der Waals surface area contributed by atoms with E-state index in [2.05, 4.69) is 61.8 Å². The fourth-order valence-electron chi connectivity index (χ4n) is 5.67. The van der Waals surface area contributed by atoms with Crippen molar-refractivity contribution >= 4 is 18.1 Å². The first-order valence-corrected chi connectivity index (χ1v) is 11.5. The van der Waals surface area contributed by atoms with E-state index in [0.29, 0.717) is 5.41 Å². The number of rotatable bonds is 5. The first-order valence-electron chi connectivity index (χ1n) is 11.5. The maximum Gasteiger partial charge on any atom is 0.0405 e. The average Bonchev–Trinajstić information content (AvgIpc) is 3.50. The van der Waals surface area contributed by atoms with Crippen LogP contribution in [0.15, 0.2) is 24.3 Å². The molecule has 4 rings (SSSR count). The fourth-order valence-corrected chi connectivity index (χ4v) is 5.67. The van der Waals surface area contributed by atoms with Crippen LogP contribution >= 0.6 is 12.4 Å². The molecule has 2 atom stereocenters. The number of anilines is 1. The van der Waals surface area contributed by atoms with Gasteiger partial charge in [0.15, 0.2) is 0 Å². The molecule has 3 aliphatic rings. The van der Waals surface area contributed by atoms with Crippen LogP contribution in [0.25, 0.3) is 0 Å². The summed E-state index contributed by atoms with van der Waals surface area (Å²) >= 11 is 0. The van der Waals surface area contributed by atoms with E-state index in [9.17, 15) is 0 Å². The highest BCUT2D eigenvalue weighted by molar-refractivity contribution is 5.85. The SMILES string of the molecule is CC1CCCC(C)(c2ccccc2N2CCN(CCC3CC3)CC2)C1(C)C.Cl. The second-order valence-corrected chi connectivity index (χ2v) is 10.4. The predicted molar refractivity (Wildman–Crippen MR) is 124 cm³/mol. The van der Waals surface area contributed by atoms with Crippen molar-refractivity contribution in [3.05, 3.63) is 29.8 Å². The third-order valence-corrected chi connectivity index (χ3v) is 8.73. The average molecular weight is 405 g/mol. The summed E-state index contributed by atoms with van der Waals surface area (Å²) in [7, 11) is 0. The molecule has 3 fully saturated rings. The van der Waals surface area contributed by atoms with Crippen LogP contribution in [0.4, 0.5) is 5.69 Å². The Labute approximate surface area is 179 Å². The molecule has 2 nitrogen and oxygen atoms in total. The van der Waals surface area contributed by atoms with E-state index in [1.807, 2.05) is 0 Å². The summed E-state index contributed by atoms with van der Waals surface area (Å²) in [6, 6.07) is 9.36. The molecule has 0 aromatic heterocycles. The van der Waals surface area contributed by atoms with Crippen molar-refractivity contribution in [3.63, 3.8) is 0 Å². The quantitative estimate of drug-likeness (QED) is 0.581. The Bertz CT molecular complexity index is 646. The highest BCUT2D eigenvalue weighted by atomic mass is 35.5. The lowest BCUT2D eigenvalue weighted by atomic mass is 9.52. The minimum atomic E-state index is 0. The van der Waals surface area contributed by atoms with Crippen LogP contribution < -0.4 is 4.90 Å². The molecule has 0 amide bonds. The van der Waals surface area contributed by atoms with Gasteiger partial charge in [0.1, 0.15) is 0 Å². The summed E-state index contributed by atoms with van der Waals surface area (Å²) < 4.78 is 0. The molecule has 3 heteroatoms. The minimum Gasteiger partial charge on any atom is -0.369 e. The zero-order chi connectivity index (χ0) is 19.1. The van der Waals surface area contributed by atoms with E-state index in [-0.39, 0.29) is 17.8 Å². The van der Waals surface area contributed by atoms with Crippen LogP contribution in [0.5, 0.6) is 0 Å². The molecule has 1 heterocycles. The van der Waals surface area contributed by atoms with Gasteiger partial charge in [-0.1, -0.05) is 71.6 Å². The Morgan fingerprint density at radius 1 is 0.964 bits per heavy atom. The molecule has 0 bridgehead atoms. The Morgan fingerprint density at radius 3 is 2.32 bits per heavy atom. The molecule has 0 radical (unpaired) electrons. The Kier molecular flexibility index (Phi) is 6.72. The Hall–Kier alpha value is -0.730. The smallest absolute Gasteiger partial charge is 0.0405 e. The van der Waals surface area contributed by atoms with Crippen molar-refractivity contribution in [2.75, 3.05) is 37.6 Å². The van der Waals surface area contributed by atoms with Crippen LogP contribution in [0, 0.1) is 17.3 Å². The zero-order valence-electron chi connectivity index (χ0n) is 18.5. The number of benzene rings is 1. The number of hydrogen-bond acceptors (Lipinski definition) is 2. The van der Waals surface area contributed by atoms with Gasteiger partial charge in [-0.25, -0.2) is 0 Å². The molecule has 1 aromatic carbocycles. The van der Waals surface area contributed by atoms with Gasteiger partial charge >= 0.3 is 0 Å². The first-order chi connectivity index (χ1) is 12.9. The number of halogens is 1. The summed E-state index contributed by atoms with van der Waals surface area (Å²) in [4.78, 5) is 5.38. The van der Waals surface area contributed by atoms with E-state index in [4.69, 9.17) is 0 Å². The maximum atomic E-state index is 2.70. The summed E-state index contributed by atoms with van der Waals surface area (Å²) in [5.41, 5.74) is 3.73. The minimum absolute atomic E-state index is 0. The molecule has 0 N–H and O–H groups in total. The second-order valence-electron chi connectivity index (χ2n) is 10.4. The van der Waals surface area contributed by atoms with Gasteiger partial charge < -0.3 is 4.90 Å². The van der Waals surface area contributed by atoms with Gasteiger partial charge in [-0.2, -0.15) is 0 Å². The molecule has 2 unspecified atom stereocenters. The van der Waals surface area contributed by atoms with Crippen LogP contribution in [0.1, 0.15) is 71.8 Å². The van der Waals surface area contributed by atoms with Crippen LogP contribution in [-0.4, -0.2) is 37.6 Å². The van der Waals surface area contributed by atoms with Crippen molar-refractivity contribution in [2.24, 2.45) is 17.3 Å². The third-order valence-electron chi connectivity index (χ3n) is 8.73.